The van der Waals surface area contributed by atoms with Gasteiger partial charge in [0.25, 0.3) is 0 Å². The fourth-order valence-electron chi connectivity index (χ4n) is 1.30. The third kappa shape index (κ3) is 1.19. The summed E-state index contributed by atoms with van der Waals surface area (Å²) in [7, 11) is 2.03. The number of nitrogens with zero attached hydrogens (tertiary/aromatic N) is 1. The predicted molar refractivity (Wildman–Crippen MR) is 47.6 cm³/mol. The van der Waals surface area contributed by atoms with E-state index in [2.05, 4.69) is 15.3 Å². The standard InChI is InChI=1S/C9H11N3/c1-10-6-9-11-7-4-2-3-5-8(7)12-9/h2-5,10H,6H2,1H3,(H,11,12)/p+1. The lowest BCUT2D eigenvalue weighted by Crippen LogP contribution is -2.77. The second kappa shape index (κ2) is 2.95. The van der Waals surface area contributed by atoms with E-state index >= 15 is 0 Å². The molecule has 0 aliphatic heterocycles. The van der Waals surface area contributed by atoms with Gasteiger partial charge in [0.05, 0.1) is 18.1 Å². The number of aromatic nitrogens is 2. The van der Waals surface area contributed by atoms with Crippen LogP contribution in [0.4, 0.5) is 0 Å². The molecule has 0 aliphatic carbocycles. The van der Waals surface area contributed by atoms with E-state index in [0.29, 0.717) is 0 Å². The lowest BCUT2D eigenvalue weighted by molar-refractivity contribution is -0.644. The summed E-state index contributed by atoms with van der Waals surface area (Å²) in [5, 5.41) is 2.09. The molecule has 62 valence electrons. The molecule has 0 radical (unpaired) electrons. The van der Waals surface area contributed by atoms with Gasteiger partial charge in [-0.15, -0.1) is 0 Å². The second-order valence-corrected chi connectivity index (χ2v) is 2.81. The normalized spacial score (nSPS) is 10.8. The first kappa shape index (κ1) is 7.31. The zero-order valence-corrected chi connectivity index (χ0v) is 7.04. The van der Waals surface area contributed by atoms with E-state index in [1.54, 1.807) is 0 Å². The minimum Gasteiger partial charge on any atom is -0.342 e. The third-order valence-electron chi connectivity index (χ3n) is 1.84. The van der Waals surface area contributed by atoms with E-state index in [-0.39, 0.29) is 0 Å². The largest absolute Gasteiger partial charge is 0.342 e. The molecule has 0 saturated carbocycles. The average Bonchev–Trinajstić information content (AvgIpc) is 2.47. The first-order valence-corrected chi connectivity index (χ1v) is 4.11. The van der Waals surface area contributed by atoms with Gasteiger partial charge in [-0.25, -0.2) is 4.98 Å². The van der Waals surface area contributed by atoms with Crippen LogP contribution in [0.25, 0.3) is 11.0 Å². The monoisotopic (exact) mass is 162 g/mol. The van der Waals surface area contributed by atoms with Crippen LogP contribution in [-0.4, -0.2) is 17.0 Å². The van der Waals surface area contributed by atoms with Crippen LogP contribution < -0.4 is 5.32 Å². The molecule has 0 spiro atoms. The van der Waals surface area contributed by atoms with Gasteiger partial charge in [0, 0.05) is 0 Å². The van der Waals surface area contributed by atoms with Gasteiger partial charge < -0.3 is 10.3 Å². The first-order valence-electron chi connectivity index (χ1n) is 4.11. The van der Waals surface area contributed by atoms with Gasteiger partial charge in [-0.1, -0.05) is 12.1 Å². The van der Waals surface area contributed by atoms with Crippen molar-refractivity contribution in [3.05, 3.63) is 30.1 Å². The van der Waals surface area contributed by atoms with Crippen LogP contribution >= 0.6 is 0 Å². The van der Waals surface area contributed by atoms with E-state index in [1.165, 1.54) is 0 Å². The van der Waals surface area contributed by atoms with Crippen molar-refractivity contribution in [1.82, 2.24) is 9.97 Å². The van der Waals surface area contributed by atoms with Crippen LogP contribution in [0.1, 0.15) is 5.82 Å². The smallest absolute Gasteiger partial charge is 0.162 e. The molecule has 3 nitrogen and oxygen atoms in total. The van der Waals surface area contributed by atoms with E-state index in [0.717, 1.165) is 23.4 Å². The van der Waals surface area contributed by atoms with Crippen molar-refractivity contribution in [1.29, 1.82) is 0 Å². The molecule has 0 fully saturated rings. The minimum absolute atomic E-state index is 0.911. The zero-order chi connectivity index (χ0) is 8.39. The molecule has 1 aromatic heterocycles. The van der Waals surface area contributed by atoms with Gasteiger partial charge in [0.2, 0.25) is 0 Å². The molecular formula is C9H12N3+. The Morgan fingerprint density at radius 3 is 3.00 bits per heavy atom. The van der Waals surface area contributed by atoms with E-state index in [4.69, 9.17) is 0 Å². The number of fused-ring (bicyclic) bond motifs is 1. The molecule has 1 heterocycles. The molecule has 1 aromatic carbocycles. The fraction of sp³-hybridized carbons (Fsp3) is 0.222. The summed E-state index contributed by atoms with van der Waals surface area (Å²) >= 11 is 0. The molecular weight excluding hydrogens is 150 g/mol. The van der Waals surface area contributed by atoms with Crippen LogP contribution in [0.3, 0.4) is 0 Å². The number of benzene rings is 1. The van der Waals surface area contributed by atoms with E-state index in [9.17, 15) is 0 Å². The number of H-pyrrole nitrogens is 1. The Kier molecular flexibility index (Phi) is 1.80. The molecule has 0 saturated heterocycles. The summed E-state index contributed by atoms with van der Waals surface area (Å²) in [4.78, 5) is 7.67. The number of rotatable bonds is 2. The molecule has 0 bridgehead atoms. The van der Waals surface area contributed by atoms with Crippen molar-refractivity contribution in [2.24, 2.45) is 0 Å². The highest BCUT2D eigenvalue weighted by Crippen LogP contribution is 2.08. The Bertz CT molecular complexity index is 345. The molecule has 3 N–H and O–H groups in total. The molecule has 0 aliphatic rings. The minimum atomic E-state index is 0.911. The summed E-state index contributed by atoms with van der Waals surface area (Å²) in [6.45, 7) is 0.911. The van der Waals surface area contributed by atoms with Crippen LogP contribution in [-0.2, 0) is 6.54 Å². The van der Waals surface area contributed by atoms with Gasteiger partial charge >= 0.3 is 0 Å². The third-order valence-corrected chi connectivity index (χ3v) is 1.84. The van der Waals surface area contributed by atoms with Crippen molar-refractivity contribution in [2.45, 2.75) is 6.54 Å². The Hall–Kier alpha value is -1.35. The summed E-state index contributed by atoms with van der Waals surface area (Å²) < 4.78 is 0. The SMILES string of the molecule is C[NH2+]Cc1nc2ccccc2[nH]1. The summed E-state index contributed by atoms with van der Waals surface area (Å²) in [6.07, 6.45) is 0. The van der Waals surface area contributed by atoms with Crippen LogP contribution in [0.5, 0.6) is 0 Å². The van der Waals surface area contributed by atoms with Crippen LogP contribution in [0.2, 0.25) is 0 Å². The molecule has 0 atom stereocenters. The maximum absolute atomic E-state index is 4.42. The lowest BCUT2D eigenvalue weighted by Gasteiger charge is -1.87. The van der Waals surface area contributed by atoms with E-state index < -0.39 is 0 Å². The van der Waals surface area contributed by atoms with Gasteiger partial charge in [0.15, 0.2) is 5.82 Å². The highest BCUT2D eigenvalue weighted by Gasteiger charge is 2.00. The maximum atomic E-state index is 4.42. The molecule has 0 unspecified atom stereocenters. The summed E-state index contributed by atoms with van der Waals surface area (Å²) in [5.41, 5.74) is 2.17. The molecule has 3 heteroatoms. The van der Waals surface area contributed by atoms with Crippen LogP contribution in [0.15, 0.2) is 24.3 Å². The number of quaternary nitrogens is 1. The predicted octanol–water partition coefficient (Wildman–Crippen LogP) is 0.256. The van der Waals surface area contributed by atoms with Gasteiger partial charge in [0.1, 0.15) is 6.54 Å². The fourth-order valence-corrected chi connectivity index (χ4v) is 1.30. The van der Waals surface area contributed by atoms with Crippen LogP contribution in [0, 0.1) is 0 Å². The number of nitrogens with two attached hydrogens (primary N) is 1. The van der Waals surface area contributed by atoms with Crippen molar-refractivity contribution >= 4 is 11.0 Å². The molecule has 0 amide bonds. The van der Waals surface area contributed by atoms with Crippen molar-refractivity contribution in [3.63, 3.8) is 0 Å². The van der Waals surface area contributed by atoms with Gasteiger partial charge in [-0.3, -0.25) is 0 Å². The number of para-hydroxylation sites is 2. The number of aromatic amines is 1. The lowest BCUT2D eigenvalue weighted by atomic mass is 10.3. The zero-order valence-electron chi connectivity index (χ0n) is 7.04. The van der Waals surface area contributed by atoms with Gasteiger partial charge in [-0.2, -0.15) is 0 Å². The quantitative estimate of drug-likeness (QED) is 0.653. The number of nitrogens with one attached hydrogen (secondary N) is 1. The Balaban J connectivity index is 2.47. The molecule has 12 heavy (non-hydrogen) atoms. The Labute approximate surface area is 70.8 Å². The number of imidazole rings is 1. The van der Waals surface area contributed by atoms with Gasteiger partial charge in [-0.05, 0) is 12.1 Å². The van der Waals surface area contributed by atoms with Crippen molar-refractivity contribution < 1.29 is 5.32 Å². The number of hydrogen-bond acceptors (Lipinski definition) is 1. The first-order chi connectivity index (χ1) is 5.90. The number of hydrogen-bond donors (Lipinski definition) is 2. The summed E-state index contributed by atoms with van der Waals surface area (Å²) in [5.74, 6) is 1.04. The Morgan fingerprint density at radius 1 is 1.42 bits per heavy atom. The topological polar surface area (TPSA) is 45.3 Å². The highest BCUT2D eigenvalue weighted by molar-refractivity contribution is 5.74. The van der Waals surface area contributed by atoms with E-state index in [1.807, 2.05) is 31.3 Å². The molecule has 2 rings (SSSR count). The van der Waals surface area contributed by atoms with Crippen molar-refractivity contribution in [2.75, 3.05) is 7.05 Å². The van der Waals surface area contributed by atoms with Crippen molar-refractivity contribution in [3.8, 4) is 0 Å². The summed E-state index contributed by atoms with van der Waals surface area (Å²) in [6, 6.07) is 8.08. The maximum Gasteiger partial charge on any atom is 0.162 e. The Morgan fingerprint density at radius 2 is 2.25 bits per heavy atom. The second-order valence-electron chi connectivity index (χ2n) is 2.81. The molecule has 2 aromatic rings. The average molecular weight is 162 g/mol. The highest BCUT2D eigenvalue weighted by atomic mass is 15.0.